The van der Waals surface area contributed by atoms with E-state index in [0.29, 0.717) is 49.5 Å². The van der Waals surface area contributed by atoms with Gasteiger partial charge in [0.15, 0.2) is 0 Å². The van der Waals surface area contributed by atoms with Crippen LogP contribution in [-0.4, -0.2) is 62.6 Å². The van der Waals surface area contributed by atoms with E-state index in [-0.39, 0.29) is 18.1 Å². The Kier molecular flexibility index (Phi) is 10.9. The van der Waals surface area contributed by atoms with Gasteiger partial charge in [-0.2, -0.15) is 15.3 Å². The molecule has 1 saturated carbocycles. The maximum atomic E-state index is 13.7. The van der Waals surface area contributed by atoms with Crippen LogP contribution in [-0.2, 0) is 18.3 Å². The molecule has 0 radical (unpaired) electrons. The van der Waals surface area contributed by atoms with Crippen LogP contribution in [0.5, 0.6) is 0 Å². The number of hydrogen-bond donors (Lipinski definition) is 3. The Balaban J connectivity index is 1.24. The topological polar surface area (TPSA) is 146 Å². The van der Waals surface area contributed by atoms with Crippen molar-refractivity contribution in [1.29, 1.82) is 5.26 Å². The number of carbonyl (C=O) groups excluding carboxylic acids is 1. The number of amides is 2. The van der Waals surface area contributed by atoms with Gasteiger partial charge in [-0.15, -0.1) is 0 Å². The van der Waals surface area contributed by atoms with Gasteiger partial charge in [0.05, 0.1) is 12.4 Å². The van der Waals surface area contributed by atoms with Gasteiger partial charge >= 0.3 is 6.03 Å². The predicted octanol–water partition coefficient (Wildman–Crippen LogP) is 5.12. The molecule has 12 nitrogen and oxygen atoms in total. The maximum absolute atomic E-state index is 13.7. The number of anilines is 3. The molecule has 1 aliphatic rings. The van der Waals surface area contributed by atoms with Crippen molar-refractivity contribution >= 4 is 23.6 Å². The fourth-order valence-corrected chi connectivity index (χ4v) is 5.44. The molecule has 1 aromatic carbocycles. The van der Waals surface area contributed by atoms with Crippen LogP contribution in [0.25, 0.3) is 11.1 Å². The molecular weight excluding hydrogens is 568 g/mol. The van der Waals surface area contributed by atoms with Crippen LogP contribution in [0.3, 0.4) is 0 Å². The Morgan fingerprint density at radius 2 is 1.89 bits per heavy atom. The van der Waals surface area contributed by atoms with E-state index in [9.17, 15) is 10.1 Å². The van der Waals surface area contributed by atoms with E-state index in [1.54, 1.807) is 28.2 Å². The van der Waals surface area contributed by atoms with E-state index in [4.69, 9.17) is 9.72 Å². The minimum absolute atomic E-state index is 0.0278. The Morgan fingerprint density at radius 1 is 1.07 bits per heavy atom. The van der Waals surface area contributed by atoms with Gasteiger partial charge < -0.3 is 20.7 Å². The summed E-state index contributed by atoms with van der Waals surface area (Å²) in [6.07, 6.45) is 11.1. The van der Waals surface area contributed by atoms with Gasteiger partial charge in [-0.1, -0.05) is 30.3 Å². The summed E-state index contributed by atoms with van der Waals surface area (Å²) in [7, 11) is 1.88. The smallest absolute Gasteiger partial charge is 0.323 e. The molecule has 4 aromatic rings. The summed E-state index contributed by atoms with van der Waals surface area (Å²) in [6.45, 7) is 4.37. The van der Waals surface area contributed by atoms with E-state index < -0.39 is 0 Å². The molecule has 3 N–H and O–H groups in total. The molecule has 1 aliphatic carbocycles. The van der Waals surface area contributed by atoms with E-state index in [0.717, 1.165) is 48.8 Å². The van der Waals surface area contributed by atoms with Crippen molar-refractivity contribution in [2.45, 2.75) is 57.7 Å². The number of urea groups is 1. The van der Waals surface area contributed by atoms with Crippen molar-refractivity contribution in [3.8, 4) is 17.2 Å². The average Bonchev–Trinajstić information content (AvgIpc) is 3.51. The van der Waals surface area contributed by atoms with Gasteiger partial charge in [-0.25, -0.2) is 14.8 Å². The lowest BCUT2D eigenvalue weighted by atomic mass is 9.90. The second-order valence-electron chi connectivity index (χ2n) is 11.0. The molecule has 5 rings (SSSR count). The fourth-order valence-electron chi connectivity index (χ4n) is 5.44. The summed E-state index contributed by atoms with van der Waals surface area (Å²) >= 11 is 0. The third kappa shape index (κ3) is 8.55. The maximum Gasteiger partial charge on any atom is 0.323 e. The first-order valence-corrected chi connectivity index (χ1v) is 15.5. The monoisotopic (exact) mass is 608 g/mol. The highest BCUT2D eigenvalue weighted by Crippen LogP contribution is 2.29. The SMILES string of the molecule is CCOCCCNc1nc(NC2CCC(N(C(=O)NCc3ccccc3)c3ccc(-c4cnn(C)c4)cn3)CC2)ncc1C#N. The zero-order valence-corrected chi connectivity index (χ0v) is 25.8. The molecule has 2 amide bonds. The van der Waals surface area contributed by atoms with Crippen molar-refractivity contribution in [2.75, 3.05) is 35.3 Å². The number of aryl methyl sites for hydroxylation is 1. The summed E-state index contributed by atoms with van der Waals surface area (Å²) in [5.74, 6) is 1.61. The van der Waals surface area contributed by atoms with E-state index in [1.165, 1.54) is 0 Å². The Morgan fingerprint density at radius 3 is 2.58 bits per heavy atom. The number of pyridine rings is 1. The third-order valence-electron chi connectivity index (χ3n) is 7.80. The molecule has 0 bridgehead atoms. The standard InChI is InChI=1S/C33H40N10O2/c1-3-45-17-7-16-35-31-26(18-34)21-37-32(41-31)40-28-11-13-29(14-12-28)43(33(44)38-19-24-8-5-4-6-9-24)30-15-10-25(20-36-30)27-22-39-42(2)23-27/h4-6,8-10,15,20-23,28-29H,3,7,11-14,16-17,19H2,1-2H3,(H,38,44)(H2,35,37,40,41). The number of aromatic nitrogens is 5. The van der Waals surface area contributed by atoms with Gasteiger partial charge in [0.2, 0.25) is 5.95 Å². The largest absolute Gasteiger partial charge is 0.382 e. The molecule has 3 heterocycles. The Bertz CT molecular complexity index is 1560. The summed E-state index contributed by atoms with van der Waals surface area (Å²) in [5, 5.41) is 23.5. The zero-order chi connectivity index (χ0) is 31.4. The third-order valence-corrected chi connectivity index (χ3v) is 7.80. The second-order valence-corrected chi connectivity index (χ2v) is 11.0. The van der Waals surface area contributed by atoms with Gasteiger partial charge in [-0.05, 0) is 56.7 Å². The van der Waals surface area contributed by atoms with E-state index >= 15 is 0 Å². The zero-order valence-electron chi connectivity index (χ0n) is 25.8. The lowest BCUT2D eigenvalue weighted by molar-refractivity contribution is 0.147. The molecule has 0 atom stereocenters. The molecule has 1 fully saturated rings. The number of nitrogens with one attached hydrogen (secondary N) is 3. The van der Waals surface area contributed by atoms with E-state index in [2.05, 4.69) is 37.1 Å². The van der Waals surface area contributed by atoms with Crippen molar-refractivity contribution < 1.29 is 9.53 Å². The highest BCUT2D eigenvalue weighted by Gasteiger charge is 2.31. The summed E-state index contributed by atoms with van der Waals surface area (Å²) in [6, 6.07) is 15.9. The van der Waals surface area contributed by atoms with Crippen molar-refractivity contribution in [3.05, 3.63) is 78.4 Å². The van der Waals surface area contributed by atoms with Crippen LogP contribution >= 0.6 is 0 Å². The minimum Gasteiger partial charge on any atom is -0.382 e. The van der Waals surface area contributed by atoms with Crippen molar-refractivity contribution in [3.63, 3.8) is 0 Å². The average molecular weight is 609 g/mol. The van der Waals surface area contributed by atoms with Gasteiger partial charge in [0, 0.05) is 69.0 Å². The normalized spacial score (nSPS) is 16.0. The summed E-state index contributed by atoms with van der Waals surface area (Å²) in [4.78, 5) is 29.2. The highest BCUT2D eigenvalue weighted by atomic mass is 16.5. The molecule has 3 aromatic heterocycles. The molecule has 45 heavy (non-hydrogen) atoms. The van der Waals surface area contributed by atoms with Gasteiger partial charge in [0.25, 0.3) is 0 Å². The Hall–Kier alpha value is -5.02. The Labute approximate surface area is 263 Å². The summed E-state index contributed by atoms with van der Waals surface area (Å²) in [5.41, 5.74) is 3.34. The van der Waals surface area contributed by atoms with Crippen LogP contribution in [0, 0.1) is 11.3 Å². The number of rotatable bonds is 13. The number of nitriles is 1. The lowest BCUT2D eigenvalue weighted by Crippen LogP contribution is -2.49. The predicted molar refractivity (Wildman–Crippen MR) is 174 cm³/mol. The first kappa shape index (κ1) is 31.4. The molecule has 0 unspecified atom stereocenters. The van der Waals surface area contributed by atoms with Crippen LogP contribution < -0.4 is 20.9 Å². The number of benzene rings is 1. The first-order chi connectivity index (χ1) is 22.0. The van der Waals surface area contributed by atoms with Crippen molar-refractivity contribution in [1.82, 2.24) is 30.0 Å². The number of nitrogens with zero attached hydrogens (tertiary/aromatic N) is 7. The molecule has 0 spiro atoms. The van der Waals surface area contributed by atoms with Gasteiger partial charge in [0.1, 0.15) is 23.3 Å². The quantitative estimate of drug-likeness (QED) is 0.176. The molecule has 0 aliphatic heterocycles. The van der Waals surface area contributed by atoms with Gasteiger partial charge in [-0.3, -0.25) is 9.58 Å². The minimum atomic E-state index is -0.174. The number of ether oxygens (including phenoxy) is 1. The van der Waals surface area contributed by atoms with Crippen molar-refractivity contribution in [2.24, 2.45) is 7.05 Å². The van der Waals surface area contributed by atoms with E-state index in [1.807, 2.05) is 62.6 Å². The number of hydrogen-bond acceptors (Lipinski definition) is 9. The first-order valence-electron chi connectivity index (χ1n) is 15.5. The lowest BCUT2D eigenvalue weighted by Gasteiger charge is -2.36. The second kappa shape index (κ2) is 15.6. The highest BCUT2D eigenvalue weighted by molar-refractivity contribution is 5.91. The summed E-state index contributed by atoms with van der Waals surface area (Å²) < 4.78 is 7.15. The van der Waals surface area contributed by atoms with Crippen LogP contribution in [0.1, 0.15) is 50.2 Å². The van der Waals surface area contributed by atoms with Crippen LogP contribution in [0.15, 0.2) is 67.3 Å². The fraction of sp³-hybridized carbons (Fsp3) is 0.394. The molecule has 12 heteroatoms. The molecule has 0 saturated heterocycles. The molecular formula is C33H40N10O2. The van der Waals surface area contributed by atoms with Crippen LogP contribution in [0.4, 0.5) is 22.4 Å². The molecule has 234 valence electrons. The number of carbonyl (C=O) groups is 1. The van der Waals surface area contributed by atoms with Crippen LogP contribution in [0.2, 0.25) is 0 Å².